The summed E-state index contributed by atoms with van der Waals surface area (Å²) >= 11 is 0. The quantitative estimate of drug-likeness (QED) is 0.113. The molecule has 1 saturated carbocycles. The van der Waals surface area contributed by atoms with E-state index in [0.717, 1.165) is 38.5 Å². The number of likely N-dealkylation sites (N-methyl/N-ethyl adjacent to an activating group) is 1. The second-order valence-electron chi connectivity index (χ2n) is 19.0. The number of hydrogen-bond donors (Lipinski definition) is 1. The fourth-order valence-corrected chi connectivity index (χ4v) is 7.54. The molecule has 0 aromatic rings. The topological polar surface area (TPSA) is 139 Å². The van der Waals surface area contributed by atoms with Gasteiger partial charge in [-0.05, 0) is 133 Å². The van der Waals surface area contributed by atoms with Gasteiger partial charge in [-0.25, -0.2) is 9.59 Å². The first-order valence-corrected chi connectivity index (χ1v) is 19.8. The van der Waals surface area contributed by atoms with Gasteiger partial charge in [0.25, 0.3) is 0 Å². The Bertz CT molecular complexity index is 1270. The maximum Gasteiger partial charge on any atom is 0.437 e. The Morgan fingerprint density at radius 2 is 1.45 bits per heavy atom. The Morgan fingerprint density at radius 1 is 0.830 bits per heavy atom. The molecule has 3 fully saturated rings. The van der Waals surface area contributed by atoms with Crippen LogP contribution in [-0.2, 0) is 28.5 Å². The molecule has 0 aromatic carbocycles. The van der Waals surface area contributed by atoms with Crippen molar-refractivity contribution in [3.8, 4) is 0 Å². The van der Waals surface area contributed by atoms with Crippen LogP contribution in [0.2, 0.25) is 0 Å². The number of esters is 1. The summed E-state index contributed by atoms with van der Waals surface area (Å²) in [7, 11) is 2.01. The lowest BCUT2D eigenvalue weighted by atomic mass is 9.74. The number of likely N-dealkylation sites (tertiary alicyclic amines) is 2. The number of carbonyl (C=O) groups is 4. The van der Waals surface area contributed by atoms with Crippen LogP contribution < -0.4 is 5.32 Å². The minimum Gasteiger partial charge on any atom is -0.460 e. The van der Waals surface area contributed by atoms with Crippen molar-refractivity contribution in [3.63, 3.8) is 0 Å². The van der Waals surface area contributed by atoms with Crippen molar-refractivity contribution in [3.05, 3.63) is 0 Å². The molecule has 2 saturated heterocycles. The van der Waals surface area contributed by atoms with Crippen molar-refractivity contribution in [1.82, 2.24) is 20.0 Å². The fourth-order valence-electron chi connectivity index (χ4n) is 7.54. The minimum atomic E-state index is -0.796. The standard InChI is InChI=1S/C40H71N5O8/c1-37(2,3)51-32(46)26-31(43(12)29-17-15-21-40(10,11)27-29)33(47)45-22-14-13-16-28(45)20-25-50-30-18-23-44(24-19-30)34(41-35(48)52-38(4,5)6)42-36(49)53-39(7,8)9/h28-31H,13-27H2,1-12H3,(H,41,42,48,49)/t28-,29?,31-/m0/s1. The number of aliphatic imine (C=N–C) groups is 1. The molecule has 3 rings (SSSR count). The van der Waals surface area contributed by atoms with Gasteiger partial charge in [-0.1, -0.05) is 20.3 Å². The minimum absolute atomic E-state index is 0.00837. The average molecular weight is 750 g/mol. The molecule has 1 N–H and O–H groups in total. The first kappa shape index (κ1) is 44.5. The summed E-state index contributed by atoms with van der Waals surface area (Å²) in [5, 5.41) is 2.64. The van der Waals surface area contributed by atoms with Gasteiger partial charge in [0.05, 0.1) is 18.6 Å². The lowest BCUT2D eigenvalue weighted by Gasteiger charge is -2.45. The zero-order chi connectivity index (χ0) is 39.8. The molecule has 304 valence electrons. The van der Waals surface area contributed by atoms with Crippen LogP contribution in [0.4, 0.5) is 9.59 Å². The Hall–Kier alpha value is -2.93. The maximum absolute atomic E-state index is 14.5. The molecular formula is C40H71N5O8. The van der Waals surface area contributed by atoms with E-state index in [4.69, 9.17) is 18.9 Å². The molecule has 3 aliphatic rings. The molecule has 0 aromatic heterocycles. The van der Waals surface area contributed by atoms with E-state index in [1.807, 2.05) is 37.6 Å². The van der Waals surface area contributed by atoms with Crippen LogP contribution >= 0.6 is 0 Å². The van der Waals surface area contributed by atoms with E-state index in [-0.39, 0.29) is 47.9 Å². The Labute approximate surface area is 319 Å². The first-order valence-electron chi connectivity index (χ1n) is 19.8. The van der Waals surface area contributed by atoms with Crippen molar-refractivity contribution in [2.24, 2.45) is 10.4 Å². The predicted octanol–water partition coefficient (Wildman–Crippen LogP) is 7.06. The summed E-state index contributed by atoms with van der Waals surface area (Å²) in [5.74, 6) is -0.248. The Morgan fingerprint density at radius 3 is 2.04 bits per heavy atom. The molecule has 3 atom stereocenters. The van der Waals surface area contributed by atoms with Gasteiger partial charge in [0, 0.05) is 38.3 Å². The van der Waals surface area contributed by atoms with Crippen LogP contribution in [0.5, 0.6) is 0 Å². The molecule has 1 unspecified atom stereocenters. The lowest BCUT2D eigenvalue weighted by molar-refractivity contribution is -0.160. The summed E-state index contributed by atoms with van der Waals surface area (Å²) in [6, 6.07) is -0.332. The van der Waals surface area contributed by atoms with Crippen molar-refractivity contribution >= 4 is 30.0 Å². The third-order valence-electron chi connectivity index (χ3n) is 9.97. The molecule has 13 heteroatoms. The molecule has 2 aliphatic heterocycles. The number of rotatable bonds is 9. The highest BCUT2D eigenvalue weighted by atomic mass is 16.6. The SMILES string of the molecule is CN(C1CCCC(C)(C)C1)[C@@H](CC(=O)OC(C)(C)C)C(=O)N1CCCC[C@H]1CCOC1CCN(C(=NC(=O)OC(C)(C)C)NC(=O)OC(C)(C)C)CC1. The second kappa shape index (κ2) is 18.6. The lowest BCUT2D eigenvalue weighted by Crippen LogP contribution is -2.56. The van der Waals surface area contributed by atoms with Crippen molar-refractivity contribution < 1.29 is 38.1 Å². The molecule has 0 bridgehead atoms. The average Bonchev–Trinajstić information content (AvgIpc) is 3.00. The summed E-state index contributed by atoms with van der Waals surface area (Å²) in [6.07, 6.45) is 7.69. The van der Waals surface area contributed by atoms with Crippen LogP contribution in [0, 0.1) is 5.41 Å². The van der Waals surface area contributed by atoms with Gasteiger partial charge in [-0.15, -0.1) is 4.99 Å². The number of ether oxygens (including phenoxy) is 4. The molecule has 3 amide bonds. The number of guanidine groups is 1. The zero-order valence-corrected chi connectivity index (χ0v) is 35.0. The van der Waals surface area contributed by atoms with E-state index in [0.29, 0.717) is 45.5 Å². The predicted molar refractivity (Wildman–Crippen MR) is 206 cm³/mol. The Balaban J connectivity index is 1.64. The van der Waals surface area contributed by atoms with E-state index in [1.54, 1.807) is 41.5 Å². The monoisotopic (exact) mass is 750 g/mol. The number of carbonyl (C=O) groups excluding carboxylic acids is 4. The molecule has 0 radical (unpaired) electrons. The Kier molecular flexibility index (Phi) is 15.6. The summed E-state index contributed by atoms with van der Waals surface area (Å²) in [4.78, 5) is 63.0. The third kappa shape index (κ3) is 15.8. The van der Waals surface area contributed by atoms with E-state index < -0.39 is 35.0 Å². The molecule has 13 nitrogen and oxygen atoms in total. The van der Waals surface area contributed by atoms with Crippen molar-refractivity contribution in [2.45, 2.75) is 188 Å². The van der Waals surface area contributed by atoms with E-state index in [2.05, 4.69) is 29.1 Å². The zero-order valence-electron chi connectivity index (χ0n) is 35.0. The number of nitrogens with one attached hydrogen (secondary N) is 1. The van der Waals surface area contributed by atoms with Crippen molar-refractivity contribution in [1.29, 1.82) is 0 Å². The second-order valence-corrected chi connectivity index (χ2v) is 19.0. The van der Waals surface area contributed by atoms with Gasteiger partial charge in [-0.2, -0.15) is 0 Å². The largest absolute Gasteiger partial charge is 0.460 e. The highest BCUT2D eigenvalue weighted by Gasteiger charge is 2.40. The number of amides is 3. The summed E-state index contributed by atoms with van der Waals surface area (Å²) in [6.45, 7) is 22.9. The molecule has 0 spiro atoms. The third-order valence-corrected chi connectivity index (χ3v) is 9.97. The van der Waals surface area contributed by atoms with Crippen LogP contribution in [-0.4, -0.2) is 119 Å². The van der Waals surface area contributed by atoms with E-state index in [9.17, 15) is 19.2 Å². The molecular weight excluding hydrogens is 678 g/mol. The normalized spacial score (nSPS) is 22.6. The van der Waals surface area contributed by atoms with Gasteiger partial charge in [0.1, 0.15) is 16.8 Å². The number of piperidine rings is 2. The van der Waals surface area contributed by atoms with Crippen LogP contribution in [0.15, 0.2) is 4.99 Å². The highest BCUT2D eigenvalue weighted by molar-refractivity contribution is 5.99. The van der Waals surface area contributed by atoms with Gasteiger partial charge in [0.15, 0.2) is 0 Å². The smallest absolute Gasteiger partial charge is 0.437 e. The van der Waals surface area contributed by atoms with E-state index in [1.165, 1.54) is 6.42 Å². The molecule has 53 heavy (non-hydrogen) atoms. The van der Waals surface area contributed by atoms with Gasteiger partial charge in [0.2, 0.25) is 11.9 Å². The summed E-state index contributed by atoms with van der Waals surface area (Å²) in [5.41, 5.74) is -1.89. The number of nitrogens with zero attached hydrogens (tertiary/aromatic N) is 4. The summed E-state index contributed by atoms with van der Waals surface area (Å²) < 4.78 is 22.9. The maximum atomic E-state index is 14.5. The molecule has 2 heterocycles. The van der Waals surface area contributed by atoms with Gasteiger partial charge >= 0.3 is 18.2 Å². The van der Waals surface area contributed by atoms with E-state index >= 15 is 0 Å². The number of hydrogen-bond acceptors (Lipinski definition) is 9. The highest BCUT2D eigenvalue weighted by Crippen LogP contribution is 2.38. The van der Waals surface area contributed by atoms with Crippen LogP contribution in [0.3, 0.4) is 0 Å². The van der Waals surface area contributed by atoms with Gasteiger partial charge in [-0.3, -0.25) is 19.8 Å². The van der Waals surface area contributed by atoms with Crippen LogP contribution in [0.1, 0.15) is 147 Å². The fraction of sp³-hybridized carbons (Fsp3) is 0.875. The van der Waals surface area contributed by atoms with Crippen molar-refractivity contribution in [2.75, 3.05) is 33.3 Å². The van der Waals surface area contributed by atoms with Gasteiger partial charge < -0.3 is 28.7 Å². The first-order chi connectivity index (χ1) is 24.4. The van der Waals surface area contributed by atoms with Crippen LogP contribution in [0.25, 0.3) is 0 Å². The molecule has 1 aliphatic carbocycles. The number of alkyl carbamates (subject to hydrolysis) is 1.